The maximum atomic E-state index is 14.5. The molecule has 2 heterocycles. The summed E-state index contributed by atoms with van der Waals surface area (Å²) in [6.07, 6.45) is -16.5. The Morgan fingerprint density at radius 2 is 0.818 bits per heavy atom. The fourth-order valence-electron chi connectivity index (χ4n) is 8.97. The molecule has 6 aromatic rings. The van der Waals surface area contributed by atoms with E-state index in [0.717, 1.165) is 11.8 Å². The molecule has 0 saturated carbocycles. The number of Topliss-reactive ketones (excluding diaryl/α,β-unsaturated/α-hetero) is 2. The molecule has 0 amide bonds. The van der Waals surface area contributed by atoms with Crippen molar-refractivity contribution in [2.75, 3.05) is 20.3 Å². The summed E-state index contributed by atoms with van der Waals surface area (Å²) in [5.41, 5.74) is 0.256. The van der Waals surface area contributed by atoms with Gasteiger partial charge in [0.05, 0.1) is 27.8 Å². The normalized spacial score (nSPS) is 23.2. The van der Waals surface area contributed by atoms with Gasteiger partial charge in [-0.15, -0.1) is 0 Å². The molecule has 19 heteroatoms. The van der Waals surface area contributed by atoms with Gasteiger partial charge in [-0.3, -0.25) is 14.4 Å². The number of carbonyl (C=O) groups is 8. The third-order valence-corrected chi connectivity index (χ3v) is 12.6. The van der Waals surface area contributed by atoms with E-state index in [1.165, 1.54) is 79.9 Å². The summed E-state index contributed by atoms with van der Waals surface area (Å²) < 4.78 is 62.1. The van der Waals surface area contributed by atoms with Gasteiger partial charge in [0.25, 0.3) is 0 Å². The van der Waals surface area contributed by atoms with E-state index in [1.807, 2.05) is 0 Å². The van der Waals surface area contributed by atoms with Crippen molar-refractivity contribution in [3.8, 4) is 0 Å². The molecule has 0 unspecified atom stereocenters. The number of hydrogen-bond acceptors (Lipinski definition) is 19. The topological polar surface area (TPSA) is 232 Å². The molecule has 77 heavy (non-hydrogen) atoms. The van der Waals surface area contributed by atoms with Gasteiger partial charge in [0.15, 0.2) is 42.4 Å². The molecule has 394 valence electrons. The molecular weight excluding hydrogens is 999 g/mol. The molecule has 6 aromatic carbocycles. The van der Waals surface area contributed by atoms with Crippen LogP contribution in [0, 0.1) is 0 Å². The molecule has 1 aliphatic carbocycles. The number of hydrogen-bond donors (Lipinski definition) is 0. The lowest BCUT2D eigenvalue weighted by atomic mass is 9.97. The highest BCUT2D eigenvalue weighted by atomic mass is 16.8. The van der Waals surface area contributed by atoms with Crippen molar-refractivity contribution < 1.29 is 85.7 Å². The molecule has 9 rings (SSSR count). The highest BCUT2D eigenvalue weighted by Crippen LogP contribution is 2.39. The van der Waals surface area contributed by atoms with Crippen LogP contribution in [0.25, 0.3) is 0 Å². The molecule has 0 spiro atoms. The summed E-state index contributed by atoms with van der Waals surface area (Å²) in [5.74, 6) is -7.10. The predicted octanol–water partition coefficient (Wildman–Crippen LogP) is 6.46. The highest BCUT2D eigenvalue weighted by Gasteiger charge is 2.60. The third kappa shape index (κ3) is 12.0. The average molecular weight is 1050 g/mol. The summed E-state index contributed by atoms with van der Waals surface area (Å²) in [5, 5.41) is 0. The lowest BCUT2D eigenvalue weighted by molar-refractivity contribution is -0.378. The molecule has 2 fully saturated rings. The van der Waals surface area contributed by atoms with Gasteiger partial charge >= 0.3 is 35.8 Å². The number of nitrogens with zero attached hydrogens (tertiary/aromatic N) is 1. The van der Waals surface area contributed by atoms with Gasteiger partial charge in [0.2, 0.25) is 6.41 Å². The Hall–Kier alpha value is -8.72. The first kappa shape index (κ1) is 53.1. The smallest absolute Gasteiger partial charge is 0.339 e. The zero-order valence-electron chi connectivity index (χ0n) is 41.2. The first-order valence-corrected chi connectivity index (χ1v) is 24.2. The minimum absolute atomic E-state index is 0.00736. The standard InChI is InChI=1S/C58H49NO18/c1-34(60)69-32-43-48(51(77-56(67)39-28-16-7-17-29-39)59(58(68-2)72-43)44-45(61)40-30-18-19-31-41(40)46(44)62)76-57-50(75-55(66)38-26-14-6-15-27-38)49(74-54(65)37-24-12-5-13-25-37)47(73-53(64)36-22-10-4-11-23-36)42(71-57)33-70-52(63)35-20-8-3-9-21-35/h3-31,42-44,47-51,57-58H,32-33H2,1-2H3/t42-,43-,47+,48-,49+,50-,51+,57+,58-/m1/s1. The van der Waals surface area contributed by atoms with E-state index in [0.29, 0.717) is 0 Å². The van der Waals surface area contributed by atoms with Crippen LogP contribution in [0.3, 0.4) is 0 Å². The third-order valence-electron chi connectivity index (χ3n) is 12.6. The molecule has 19 nitrogen and oxygen atoms in total. The van der Waals surface area contributed by atoms with Gasteiger partial charge in [-0.05, 0) is 60.7 Å². The lowest BCUT2D eigenvalue weighted by Crippen LogP contribution is -2.70. The lowest BCUT2D eigenvalue weighted by Gasteiger charge is -2.50. The number of ketones is 2. The number of ether oxygens (including phenoxy) is 10. The van der Waals surface area contributed by atoms with E-state index in [2.05, 4.69) is 0 Å². The molecule has 9 atom stereocenters. The molecule has 0 radical (unpaired) electrons. The second kappa shape index (κ2) is 24.3. The Labute approximate surface area is 440 Å². The fraction of sp³-hybridized carbons (Fsp3) is 0.241. The van der Waals surface area contributed by atoms with Crippen LogP contribution in [-0.4, -0.2) is 134 Å². The van der Waals surface area contributed by atoms with Gasteiger partial charge in [0.1, 0.15) is 37.6 Å². The van der Waals surface area contributed by atoms with E-state index < -0.39 is 122 Å². The number of esters is 6. The molecule has 3 aliphatic rings. The minimum Gasteiger partial charge on any atom is -0.463 e. The number of carbonyl (C=O) groups excluding carboxylic acids is 8. The van der Waals surface area contributed by atoms with Gasteiger partial charge in [-0.2, -0.15) is 4.90 Å². The fourth-order valence-corrected chi connectivity index (χ4v) is 8.97. The van der Waals surface area contributed by atoms with Gasteiger partial charge in [-0.1, -0.05) is 115 Å². The van der Waals surface area contributed by atoms with Crippen LogP contribution in [-0.2, 0) is 52.2 Å². The van der Waals surface area contributed by atoms with Crippen LogP contribution in [0.5, 0.6) is 0 Å². The summed E-state index contributed by atoms with van der Waals surface area (Å²) >= 11 is 0. The number of methoxy groups -OCH3 is 1. The van der Waals surface area contributed by atoms with Crippen molar-refractivity contribution in [3.05, 3.63) is 215 Å². The van der Waals surface area contributed by atoms with E-state index in [9.17, 15) is 38.4 Å². The molecule has 0 N–H and O–H groups in total. The summed E-state index contributed by atoms with van der Waals surface area (Å²) in [6, 6.07) is 42.9. The van der Waals surface area contributed by atoms with Crippen LogP contribution in [0.15, 0.2) is 176 Å². The van der Waals surface area contributed by atoms with Gasteiger partial charge in [0, 0.05) is 25.2 Å². The molecule has 2 aliphatic heterocycles. The van der Waals surface area contributed by atoms with Crippen molar-refractivity contribution in [2.24, 2.45) is 0 Å². The Morgan fingerprint density at radius 3 is 1.26 bits per heavy atom. The van der Waals surface area contributed by atoms with E-state index in [-0.39, 0.29) is 38.9 Å². The maximum Gasteiger partial charge on any atom is 0.339 e. The van der Waals surface area contributed by atoms with Crippen LogP contribution in [0.1, 0.15) is 79.4 Å². The van der Waals surface area contributed by atoms with Gasteiger partial charge < -0.3 is 47.4 Å². The van der Waals surface area contributed by atoms with Crippen molar-refractivity contribution in [2.45, 2.75) is 68.5 Å². The summed E-state index contributed by atoms with van der Waals surface area (Å²) in [7, 11) is 1.20. The summed E-state index contributed by atoms with van der Waals surface area (Å²) in [6.45, 7) is -0.292. The summed E-state index contributed by atoms with van der Waals surface area (Å²) in [4.78, 5) is 114. The Morgan fingerprint density at radius 1 is 0.442 bits per heavy atom. The molecular formula is C58H49NO18. The molecule has 0 bridgehead atoms. The molecule has 0 aromatic heterocycles. The van der Waals surface area contributed by atoms with Gasteiger partial charge in [-0.25, -0.2) is 24.0 Å². The maximum absolute atomic E-state index is 14.5. The van der Waals surface area contributed by atoms with Crippen molar-refractivity contribution >= 4 is 47.4 Å². The van der Waals surface area contributed by atoms with Crippen molar-refractivity contribution in [3.63, 3.8) is 0 Å². The zero-order chi connectivity index (χ0) is 54.0. The largest absolute Gasteiger partial charge is 0.463 e. The number of benzene rings is 6. The predicted molar refractivity (Wildman–Crippen MR) is 266 cm³/mol. The van der Waals surface area contributed by atoms with Crippen molar-refractivity contribution in [1.82, 2.24) is 4.90 Å². The highest BCUT2D eigenvalue weighted by molar-refractivity contribution is 6.29. The second-order valence-electron chi connectivity index (χ2n) is 17.6. The SMILES string of the molecule is CO[C@@H]1O[C@H](COC(C)=O)[C@@H](O[C@@H]2O[C@H](COC(=O)c3ccccc3)[C@H](OC(=O)c3ccccc3)[C@H](OC(=O)c3ccccc3)[C@H]2OC(=O)c2ccccc2)[C@H](OC(=O)c2ccccc2)N1C1C(=O)c2ccccc2C1=O. The number of fused-ring (bicyclic) bond motifs is 1. The average Bonchev–Trinajstić information content (AvgIpc) is 3.72. The molecule has 2 saturated heterocycles. The quantitative estimate of drug-likeness (QED) is 0.0542. The second-order valence-corrected chi connectivity index (χ2v) is 17.6. The van der Waals surface area contributed by atoms with Crippen molar-refractivity contribution in [1.29, 1.82) is 0 Å². The number of rotatable bonds is 17. The first-order chi connectivity index (χ1) is 37.4. The monoisotopic (exact) mass is 1050 g/mol. The Kier molecular flexibility index (Phi) is 16.8. The Balaban J connectivity index is 1.21. The zero-order valence-corrected chi connectivity index (χ0v) is 41.2. The van der Waals surface area contributed by atoms with Crippen LogP contribution in [0.4, 0.5) is 0 Å². The van der Waals surface area contributed by atoms with Crippen LogP contribution in [0.2, 0.25) is 0 Å². The van der Waals surface area contributed by atoms with Crippen LogP contribution >= 0.6 is 0 Å². The van der Waals surface area contributed by atoms with E-state index in [4.69, 9.17) is 47.4 Å². The Bertz CT molecular complexity index is 3050. The van der Waals surface area contributed by atoms with E-state index in [1.54, 1.807) is 103 Å². The first-order valence-electron chi connectivity index (χ1n) is 24.2. The van der Waals surface area contributed by atoms with Crippen LogP contribution < -0.4 is 0 Å². The minimum atomic E-state index is -2.07. The van der Waals surface area contributed by atoms with E-state index >= 15 is 0 Å².